The average Bonchev–Trinajstić information content (AvgIpc) is 2.25. The molecule has 0 unspecified atom stereocenters. The molecule has 0 aliphatic rings. The molecule has 0 atom stereocenters. The third kappa shape index (κ3) is 4.75. The SMILES string of the molecule is Cc1cccc(C)c1OCC(=O)NCC(C)(C)O. The summed E-state index contributed by atoms with van der Waals surface area (Å²) >= 11 is 0. The van der Waals surface area contributed by atoms with Crippen molar-refractivity contribution in [2.24, 2.45) is 0 Å². The third-order valence-electron chi connectivity index (χ3n) is 2.47. The number of hydrogen-bond acceptors (Lipinski definition) is 3. The zero-order valence-electron chi connectivity index (χ0n) is 11.4. The molecule has 0 saturated carbocycles. The van der Waals surface area contributed by atoms with Crippen LogP contribution in [-0.4, -0.2) is 29.8 Å². The van der Waals surface area contributed by atoms with Crippen molar-refractivity contribution < 1.29 is 14.6 Å². The van der Waals surface area contributed by atoms with E-state index in [2.05, 4.69) is 5.32 Å². The summed E-state index contributed by atoms with van der Waals surface area (Å²) in [4.78, 5) is 11.5. The number of para-hydroxylation sites is 1. The molecule has 0 aliphatic carbocycles. The number of amides is 1. The van der Waals surface area contributed by atoms with Crippen molar-refractivity contribution in [3.63, 3.8) is 0 Å². The number of benzene rings is 1. The molecular weight excluding hydrogens is 230 g/mol. The molecule has 2 N–H and O–H groups in total. The maximum Gasteiger partial charge on any atom is 0.258 e. The van der Waals surface area contributed by atoms with E-state index in [1.165, 1.54) is 0 Å². The number of carbonyl (C=O) groups excluding carboxylic acids is 1. The number of hydrogen-bond donors (Lipinski definition) is 2. The Balaban J connectivity index is 2.48. The Kier molecular flexibility index (Phi) is 4.73. The topological polar surface area (TPSA) is 58.6 Å². The van der Waals surface area contributed by atoms with Crippen LogP contribution >= 0.6 is 0 Å². The Hall–Kier alpha value is -1.55. The van der Waals surface area contributed by atoms with Gasteiger partial charge in [-0.2, -0.15) is 0 Å². The lowest BCUT2D eigenvalue weighted by Crippen LogP contribution is -2.40. The van der Waals surface area contributed by atoms with Crippen molar-refractivity contribution in [3.8, 4) is 5.75 Å². The van der Waals surface area contributed by atoms with Crippen LogP contribution in [0.4, 0.5) is 0 Å². The van der Waals surface area contributed by atoms with Crippen LogP contribution in [-0.2, 0) is 4.79 Å². The molecule has 0 heterocycles. The van der Waals surface area contributed by atoms with E-state index >= 15 is 0 Å². The smallest absolute Gasteiger partial charge is 0.258 e. The first kappa shape index (κ1) is 14.5. The van der Waals surface area contributed by atoms with Crippen molar-refractivity contribution in [1.82, 2.24) is 5.32 Å². The quantitative estimate of drug-likeness (QED) is 0.835. The summed E-state index contributed by atoms with van der Waals surface area (Å²) in [5, 5.41) is 12.1. The van der Waals surface area contributed by atoms with E-state index < -0.39 is 5.60 Å². The van der Waals surface area contributed by atoms with Crippen molar-refractivity contribution in [2.75, 3.05) is 13.2 Å². The Morgan fingerprint density at radius 2 is 1.89 bits per heavy atom. The van der Waals surface area contributed by atoms with Gasteiger partial charge in [0.1, 0.15) is 5.75 Å². The Bertz CT molecular complexity index is 401. The highest BCUT2D eigenvalue weighted by Gasteiger charge is 2.14. The molecule has 0 spiro atoms. The van der Waals surface area contributed by atoms with Gasteiger partial charge in [0.15, 0.2) is 6.61 Å². The fraction of sp³-hybridized carbons (Fsp3) is 0.500. The molecule has 0 bridgehead atoms. The monoisotopic (exact) mass is 251 g/mol. The van der Waals surface area contributed by atoms with Gasteiger partial charge in [-0.05, 0) is 38.8 Å². The lowest BCUT2D eigenvalue weighted by atomic mass is 10.1. The molecule has 1 aromatic carbocycles. The van der Waals surface area contributed by atoms with Crippen LogP contribution in [0, 0.1) is 13.8 Å². The van der Waals surface area contributed by atoms with Gasteiger partial charge in [0, 0.05) is 6.54 Å². The molecule has 4 nitrogen and oxygen atoms in total. The second kappa shape index (κ2) is 5.87. The normalized spacial score (nSPS) is 11.2. The molecule has 4 heteroatoms. The summed E-state index contributed by atoms with van der Waals surface area (Å²) in [6, 6.07) is 5.83. The fourth-order valence-corrected chi connectivity index (χ4v) is 1.53. The number of aryl methyl sites for hydroxylation is 2. The second-order valence-electron chi connectivity index (χ2n) is 5.10. The predicted molar refractivity (Wildman–Crippen MR) is 70.7 cm³/mol. The Labute approximate surface area is 108 Å². The van der Waals surface area contributed by atoms with E-state index in [-0.39, 0.29) is 19.1 Å². The summed E-state index contributed by atoms with van der Waals surface area (Å²) in [5.41, 5.74) is 1.10. The van der Waals surface area contributed by atoms with Crippen LogP contribution in [0.3, 0.4) is 0 Å². The van der Waals surface area contributed by atoms with Crippen LogP contribution in [0.2, 0.25) is 0 Å². The first-order valence-corrected chi connectivity index (χ1v) is 5.98. The summed E-state index contributed by atoms with van der Waals surface area (Å²) in [7, 11) is 0. The van der Waals surface area contributed by atoms with E-state index in [0.717, 1.165) is 16.9 Å². The predicted octanol–water partition coefficient (Wildman–Crippen LogP) is 1.57. The molecule has 0 saturated heterocycles. The number of nitrogens with one attached hydrogen (secondary N) is 1. The van der Waals surface area contributed by atoms with E-state index in [9.17, 15) is 9.90 Å². The van der Waals surface area contributed by atoms with Crippen LogP contribution < -0.4 is 10.1 Å². The molecule has 1 aromatic rings. The number of rotatable bonds is 5. The van der Waals surface area contributed by atoms with Gasteiger partial charge in [-0.1, -0.05) is 18.2 Å². The lowest BCUT2D eigenvalue weighted by Gasteiger charge is -2.18. The van der Waals surface area contributed by atoms with Gasteiger partial charge in [0.2, 0.25) is 0 Å². The zero-order chi connectivity index (χ0) is 13.8. The largest absolute Gasteiger partial charge is 0.483 e. The lowest BCUT2D eigenvalue weighted by molar-refractivity contribution is -0.124. The molecule has 0 radical (unpaired) electrons. The van der Waals surface area contributed by atoms with Crippen LogP contribution in [0.15, 0.2) is 18.2 Å². The van der Waals surface area contributed by atoms with Crippen LogP contribution in [0.1, 0.15) is 25.0 Å². The van der Waals surface area contributed by atoms with Gasteiger partial charge in [-0.15, -0.1) is 0 Å². The Morgan fingerprint density at radius 3 is 2.39 bits per heavy atom. The van der Waals surface area contributed by atoms with Crippen LogP contribution in [0.5, 0.6) is 5.75 Å². The number of aliphatic hydroxyl groups is 1. The van der Waals surface area contributed by atoms with Gasteiger partial charge in [-0.3, -0.25) is 4.79 Å². The van der Waals surface area contributed by atoms with Crippen molar-refractivity contribution in [3.05, 3.63) is 29.3 Å². The van der Waals surface area contributed by atoms with E-state index in [1.807, 2.05) is 32.0 Å². The van der Waals surface area contributed by atoms with Gasteiger partial charge in [-0.25, -0.2) is 0 Å². The van der Waals surface area contributed by atoms with Crippen molar-refractivity contribution in [1.29, 1.82) is 0 Å². The average molecular weight is 251 g/mol. The molecular formula is C14H21NO3. The summed E-state index contributed by atoms with van der Waals surface area (Å²) in [5.74, 6) is 0.510. The molecule has 1 rings (SSSR count). The van der Waals surface area contributed by atoms with Gasteiger partial charge < -0.3 is 15.2 Å². The first-order valence-electron chi connectivity index (χ1n) is 5.98. The summed E-state index contributed by atoms with van der Waals surface area (Å²) in [6.07, 6.45) is 0. The van der Waals surface area contributed by atoms with E-state index in [4.69, 9.17) is 4.74 Å². The van der Waals surface area contributed by atoms with Gasteiger partial charge >= 0.3 is 0 Å². The van der Waals surface area contributed by atoms with Gasteiger partial charge in [0.05, 0.1) is 5.60 Å². The molecule has 0 fully saturated rings. The van der Waals surface area contributed by atoms with Crippen molar-refractivity contribution in [2.45, 2.75) is 33.3 Å². The minimum absolute atomic E-state index is 0.0399. The summed E-state index contributed by atoms with van der Waals surface area (Å²) < 4.78 is 5.50. The second-order valence-corrected chi connectivity index (χ2v) is 5.10. The molecule has 0 aliphatic heterocycles. The minimum Gasteiger partial charge on any atom is -0.483 e. The van der Waals surface area contributed by atoms with Crippen LogP contribution in [0.25, 0.3) is 0 Å². The van der Waals surface area contributed by atoms with Crippen molar-refractivity contribution >= 4 is 5.91 Å². The molecule has 1 amide bonds. The highest BCUT2D eigenvalue weighted by atomic mass is 16.5. The highest BCUT2D eigenvalue weighted by molar-refractivity contribution is 5.77. The highest BCUT2D eigenvalue weighted by Crippen LogP contribution is 2.21. The Morgan fingerprint density at radius 1 is 1.33 bits per heavy atom. The zero-order valence-corrected chi connectivity index (χ0v) is 11.4. The first-order chi connectivity index (χ1) is 8.29. The number of carbonyl (C=O) groups is 1. The molecule has 100 valence electrons. The molecule has 18 heavy (non-hydrogen) atoms. The third-order valence-corrected chi connectivity index (χ3v) is 2.47. The standard InChI is InChI=1S/C14H21NO3/c1-10-6-5-7-11(2)13(10)18-8-12(16)15-9-14(3,4)17/h5-7,17H,8-9H2,1-4H3,(H,15,16). The van der Waals surface area contributed by atoms with E-state index in [0.29, 0.717) is 0 Å². The maximum atomic E-state index is 11.5. The molecule has 0 aromatic heterocycles. The van der Waals surface area contributed by atoms with E-state index in [1.54, 1.807) is 13.8 Å². The maximum absolute atomic E-state index is 11.5. The van der Waals surface area contributed by atoms with Gasteiger partial charge in [0.25, 0.3) is 5.91 Å². The number of ether oxygens (including phenoxy) is 1. The summed E-state index contributed by atoms with van der Waals surface area (Å²) in [6.45, 7) is 7.33. The fourth-order valence-electron chi connectivity index (χ4n) is 1.53. The minimum atomic E-state index is -0.908.